The summed E-state index contributed by atoms with van der Waals surface area (Å²) in [5.74, 6) is -3.38. The topological polar surface area (TPSA) is 75.3 Å². The first kappa shape index (κ1) is 11.4. The number of hydrogen-bond acceptors (Lipinski definition) is 3. The van der Waals surface area contributed by atoms with Crippen LogP contribution in [0.4, 0.5) is 14.5 Å². The molecule has 4 N–H and O–H groups in total. The maximum absolute atomic E-state index is 13.1. The Labute approximate surface area is 84.7 Å². The van der Waals surface area contributed by atoms with Crippen LogP contribution in [0.3, 0.4) is 0 Å². The van der Waals surface area contributed by atoms with E-state index in [1.54, 1.807) is 0 Å². The van der Waals surface area contributed by atoms with E-state index in [-0.39, 0.29) is 12.2 Å². The molecule has 1 atom stereocenters. The van der Waals surface area contributed by atoms with Crippen LogP contribution in [0.15, 0.2) is 18.2 Å². The Hall–Kier alpha value is -1.69. The van der Waals surface area contributed by atoms with Gasteiger partial charge in [-0.15, -0.1) is 0 Å². The molecule has 0 saturated heterocycles. The van der Waals surface area contributed by atoms with E-state index >= 15 is 0 Å². The fourth-order valence-electron chi connectivity index (χ4n) is 1.02. The number of carboxylic acids is 1. The Kier molecular flexibility index (Phi) is 3.56. The molecule has 0 fully saturated rings. The standard InChI is InChI=1S/C9H10F2N2O2/c10-5-2-1-3-6(8(5)11)13-7(4-12)9(14)15/h1-3,7,13H,4,12H2,(H,14,15). The van der Waals surface area contributed by atoms with E-state index in [2.05, 4.69) is 5.32 Å². The Morgan fingerprint density at radius 3 is 2.73 bits per heavy atom. The summed E-state index contributed by atoms with van der Waals surface area (Å²) in [7, 11) is 0. The number of nitrogens with two attached hydrogens (primary N) is 1. The van der Waals surface area contributed by atoms with E-state index in [4.69, 9.17) is 10.8 Å². The third-order valence-corrected chi connectivity index (χ3v) is 1.82. The molecule has 4 nitrogen and oxygen atoms in total. The second-order valence-electron chi connectivity index (χ2n) is 2.87. The van der Waals surface area contributed by atoms with Crippen LogP contribution >= 0.6 is 0 Å². The zero-order valence-electron chi connectivity index (χ0n) is 7.71. The third kappa shape index (κ3) is 2.63. The van der Waals surface area contributed by atoms with Crippen molar-refractivity contribution < 1.29 is 18.7 Å². The molecule has 82 valence electrons. The molecular weight excluding hydrogens is 206 g/mol. The van der Waals surface area contributed by atoms with Gasteiger partial charge in [-0.1, -0.05) is 6.07 Å². The Balaban J connectivity index is 2.88. The lowest BCUT2D eigenvalue weighted by Crippen LogP contribution is -2.36. The van der Waals surface area contributed by atoms with Gasteiger partial charge in [0, 0.05) is 6.54 Å². The molecule has 15 heavy (non-hydrogen) atoms. The van der Waals surface area contributed by atoms with Crippen LogP contribution in [0.2, 0.25) is 0 Å². The minimum absolute atomic E-state index is 0.215. The fraction of sp³-hybridized carbons (Fsp3) is 0.222. The van der Waals surface area contributed by atoms with Crippen molar-refractivity contribution in [1.29, 1.82) is 0 Å². The lowest BCUT2D eigenvalue weighted by molar-refractivity contribution is -0.137. The highest BCUT2D eigenvalue weighted by Gasteiger charge is 2.17. The predicted molar refractivity (Wildman–Crippen MR) is 50.5 cm³/mol. The van der Waals surface area contributed by atoms with Gasteiger partial charge < -0.3 is 16.2 Å². The largest absolute Gasteiger partial charge is 0.480 e. The molecule has 0 aromatic heterocycles. The third-order valence-electron chi connectivity index (χ3n) is 1.82. The molecule has 0 aliphatic heterocycles. The molecule has 0 saturated carbocycles. The van der Waals surface area contributed by atoms with Gasteiger partial charge in [-0.25, -0.2) is 13.6 Å². The minimum Gasteiger partial charge on any atom is -0.480 e. The van der Waals surface area contributed by atoms with Gasteiger partial charge in [-0.05, 0) is 12.1 Å². The second-order valence-corrected chi connectivity index (χ2v) is 2.87. The van der Waals surface area contributed by atoms with Crippen LogP contribution in [0, 0.1) is 11.6 Å². The lowest BCUT2D eigenvalue weighted by atomic mass is 10.2. The molecule has 0 spiro atoms. The van der Waals surface area contributed by atoms with Crippen molar-refractivity contribution in [3.05, 3.63) is 29.8 Å². The van der Waals surface area contributed by atoms with Crippen molar-refractivity contribution in [3.63, 3.8) is 0 Å². The average molecular weight is 216 g/mol. The van der Waals surface area contributed by atoms with Gasteiger partial charge >= 0.3 is 5.97 Å². The summed E-state index contributed by atoms with van der Waals surface area (Å²) in [6.45, 7) is -0.217. The highest BCUT2D eigenvalue weighted by atomic mass is 19.2. The molecule has 1 aromatic rings. The number of halogens is 2. The summed E-state index contributed by atoms with van der Waals surface area (Å²) < 4.78 is 25.8. The summed E-state index contributed by atoms with van der Waals surface area (Å²) in [5, 5.41) is 10.9. The zero-order valence-corrected chi connectivity index (χ0v) is 7.71. The van der Waals surface area contributed by atoms with Crippen LogP contribution < -0.4 is 11.1 Å². The molecule has 0 aliphatic carbocycles. The van der Waals surface area contributed by atoms with Crippen molar-refractivity contribution in [1.82, 2.24) is 0 Å². The van der Waals surface area contributed by atoms with E-state index in [1.165, 1.54) is 12.1 Å². The minimum atomic E-state index is -1.22. The van der Waals surface area contributed by atoms with Crippen molar-refractivity contribution in [3.8, 4) is 0 Å². The number of nitrogens with one attached hydrogen (secondary N) is 1. The lowest BCUT2D eigenvalue weighted by Gasteiger charge is -2.14. The molecule has 6 heteroatoms. The predicted octanol–water partition coefficient (Wildman–Crippen LogP) is 0.789. The smallest absolute Gasteiger partial charge is 0.327 e. The quantitative estimate of drug-likeness (QED) is 0.695. The Bertz CT molecular complexity index is 371. The number of benzene rings is 1. The van der Waals surface area contributed by atoms with Crippen molar-refractivity contribution >= 4 is 11.7 Å². The number of anilines is 1. The van der Waals surface area contributed by atoms with Gasteiger partial charge in [0.2, 0.25) is 0 Å². The van der Waals surface area contributed by atoms with Crippen LogP contribution in [0.25, 0.3) is 0 Å². The molecule has 0 radical (unpaired) electrons. The van der Waals surface area contributed by atoms with Crippen LogP contribution in [0.5, 0.6) is 0 Å². The number of carboxylic acid groups (broad SMARTS) is 1. The highest BCUT2D eigenvalue weighted by Crippen LogP contribution is 2.17. The normalized spacial score (nSPS) is 12.2. The number of rotatable bonds is 4. The number of aliphatic carboxylic acids is 1. The van der Waals surface area contributed by atoms with Crippen LogP contribution in [0.1, 0.15) is 0 Å². The molecule has 0 amide bonds. The zero-order chi connectivity index (χ0) is 11.4. The van der Waals surface area contributed by atoms with Crippen molar-refractivity contribution in [2.75, 3.05) is 11.9 Å². The monoisotopic (exact) mass is 216 g/mol. The molecule has 1 aromatic carbocycles. The van der Waals surface area contributed by atoms with Crippen molar-refractivity contribution in [2.24, 2.45) is 5.73 Å². The first-order valence-electron chi connectivity index (χ1n) is 4.19. The summed E-state index contributed by atoms with van der Waals surface area (Å²) in [6.07, 6.45) is 0. The second kappa shape index (κ2) is 4.70. The highest BCUT2D eigenvalue weighted by molar-refractivity contribution is 5.77. The summed E-state index contributed by atoms with van der Waals surface area (Å²) in [4.78, 5) is 10.6. The van der Waals surface area contributed by atoms with Gasteiger partial charge in [0.1, 0.15) is 6.04 Å². The average Bonchev–Trinajstić information content (AvgIpc) is 2.19. The molecule has 0 heterocycles. The summed E-state index contributed by atoms with van der Waals surface area (Å²) in [6, 6.07) is 2.32. The molecule has 0 aliphatic rings. The van der Waals surface area contributed by atoms with E-state index in [1.807, 2.05) is 0 Å². The van der Waals surface area contributed by atoms with E-state index in [0.717, 1.165) is 6.07 Å². The molecule has 0 bridgehead atoms. The Morgan fingerprint density at radius 2 is 2.20 bits per heavy atom. The molecule has 1 rings (SSSR count). The van der Waals surface area contributed by atoms with Crippen LogP contribution in [-0.2, 0) is 4.79 Å². The maximum Gasteiger partial charge on any atom is 0.327 e. The van der Waals surface area contributed by atoms with Crippen LogP contribution in [-0.4, -0.2) is 23.7 Å². The van der Waals surface area contributed by atoms with Gasteiger partial charge in [-0.2, -0.15) is 0 Å². The fourth-order valence-corrected chi connectivity index (χ4v) is 1.02. The van der Waals surface area contributed by atoms with E-state index < -0.39 is 23.6 Å². The summed E-state index contributed by atoms with van der Waals surface area (Å²) in [5.41, 5.74) is 4.94. The van der Waals surface area contributed by atoms with Gasteiger partial charge in [0.25, 0.3) is 0 Å². The molecule has 1 unspecified atom stereocenters. The first-order chi connectivity index (χ1) is 7.06. The number of hydrogen-bond donors (Lipinski definition) is 3. The van der Waals surface area contributed by atoms with Gasteiger partial charge in [0.05, 0.1) is 5.69 Å². The Morgan fingerprint density at radius 1 is 1.53 bits per heavy atom. The first-order valence-corrected chi connectivity index (χ1v) is 4.19. The van der Waals surface area contributed by atoms with Crippen molar-refractivity contribution in [2.45, 2.75) is 6.04 Å². The van der Waals surface area contributed by atoms with Gasteiger partial charge in [-0.3, -0.25) is 0 Å². The SMILES string of the molecule is NCC(Nc1cccc(F)c1F)C(=O)O. The molecular formula is C9H10F2N2O2. The maximum atomic E-state index is 13.1. The summed E-state index contributed by atoms with van der Waals surface area (Å²) >= 11 is 0. The van der Waals surface area contributed by atoms with Gasteiger partial charge in [0.15, 0.2) is 11.6 Å². The number of carbonyl (C=O) groups is 1. The van der Waals surface area contributed by atoms with E-state index in [9.17, 15) is 13.6 Å². The van der Waals surface area contributed by atoms with E-state index in [0.29, 0.717) is 0 Å².